The van der Waals surface area contributed by atoms with Gasteiger partial charge in [0.15, 0.2) is 11.6 Å². The monoisotopic (exact) mass is 496 g/mol. The van der Waals surface area contributed by atoms with E-state index in [2.05, 4.69) is 37.5 Å². The number of anilines is 2. The van der Waals surface area contributed by atoms with Crippen LogP contribution in [0.1, 0.15) is 47.7 Å². The zero-order valence-corrected chi connectivity index (χ0v) is 20.3. The maximum absolute atomic E-state index is 13.6. The van der Waals surface area contributed by atoms with Gasteiger partial charge in [0, 0.05) is 30.7 Å². The van der Waals surface area contributed by atoms with Crippen LogP contribution in [-0.4, -0.2) is 64.4 Å². The third-order valence-corrected chi connectivity index (χ3v) is 7.23. The van der Waals surface area contributed by atoms with Crippen molar-refractivity contribution in [2.75, 3.05) is 5.32 Å². The Morgan fingerprint density at radius 1 is 1.08 bits per heavy atom. The van der Waals surface area contributed by atoms with Crippen LogP contribution in [0.15, 0.2) is 55.0 Å². The van der Waals surface area contributed by atoms with Crippen LogP contribution in [-0.2, 0) is 11.3 Å². The average Bonchev–Trinajstić information content (AvgIpc) is 3.27. The minimum absolute atomic E-state index is 0.00711. The molecule has 4 aromatic heterocycles. The van der Waals surface area contributed by atoms with E-state index < -0.39 is 6.04 Å². The number of pyridine rings is 2. The lowest BCUT2D eigenvalue weighted by atomic mass is 9.97. The summed E-state index contributed by atoms with van der Waals surface area (Å²) in [5.41, 5.74) is 1.08. The minimum atomic E-state index is -0.568. The summed E-state index contributed by atoms with van der Waals surface area (Å²) in [6.07, 6.45) is 6.19. The number of carbonyl (C=O) groups is 3. The molecule has 1 aliphatic heterocycles. The Balaban J connectivity index is 1.30. The van der Waals surface area contributed by atoms with Crippen molar-refractivity contribution in [3.63, 3.8) is 0 Å². The van der Waals surface area contributed by atoms with Crippen LogP contribution in [0, 0.1) is 5.41 Å². The number of Topliss-reactive ketones (excluding diaryl/α,β-unsaturated/α-hetero) is 2. The van der Waals surface area contributed by atoms with E-state index in [1.54, 1.807) is 59.9 Å². The Kier molecular flexibility index (Phi) is 5.28. The van der Waals surface area contributed by atoms with Gasteiger partial charge in [-0.25, -0.2) is 4.98 Å². The Morgan fingerprint density at radius 3 is 2.68 bits per heavy atom. The van der Waals surface area contributed by atoms with E-state index in [0.717, 1.165) is 6.42 Å². The number of nitrogens with zero attached hydrogens (tertiary/aromatic N) is 7. The number of hydrogen-bond donors (Lipinski definition) is 1. The van der Waals surface area contributed by atoms with Gasteiger partial charge in [0.1, 0.15) is 23.8 Å². The van der Waals surface area contributed by atoms with Gasteiger partial charge in [-0.3, -0.25) is 24.0 Å². The van der Waals surface area contributed by atoms with Gasteiger partial charge in [0.2, 0.25) is 11.7 Å². The highest BCUT2D eigenvalue weighted by Gasteiger charge is 2.64. The second kappa shape index (κ2) is 8.54. The van der Waals surface area contributed by atoms with Crippen molar-refractivity contribution in [3.05, 3.63) is 66.4 Å². The molecule has 2 fully saturated rings. The molecule has 4 aromatic rings. The number of ketones is 2. The first-order chi connectivity index (χ1) is 17.8. The summed E-state index contributed by atoms with van der Waals surface area (Å²) < 4.78 is 1.49. The van der Waals surface area contributed by atoms with Crippen LogP contribution in [0.5, 0.6) is 0 Å². The summed E-state index contributed by atoms with van der Waals surface area (Å²) in [4.78, 5) is 49.6. The zero-order chi connectivity index (χ0) is 25.7. The summed E-state index contributed by atoms with van der Waals surface area (Å²) in [5, 5.41) is 15.9. The second-order valence-corrected chi connectivity index (χ2v) is 9.86. The normalized spacial score (nSPS) is 22.1. The number of likely N-dealkylation sites (tertiary alicyclic amines) is 1. The van der Waals surface area contributed by atoms with Gasteiger partial charge in [-0.2, -0.15) is 10.2 Å². The molecule has 2 aliphatic rings. The minimum Gasteiger partial charge on any atom is -0.327 e. The standard InChI is InChI=1S/C26H24N8O3/c1-15(35)24-16-10-22(30-21-7-5-9-29-31-21)28-13-19(16)33(32-24)14-23(36)34-18(11-26(2)12-20(26)34)25(37)17-6-3-4-8-27-17/h3-10,13,18,20H,11-12,14H2,1-2H3,(H,28,30,31). The SMILES string of the molecule is CC(=O)c1nn(CC(=O)N2C(C(=O)c3ccccn3)CC3(C)CC23)c2cnc(Nc3cccnn3)cc12. The first-order valence-electron chi connectivity index (χ1n) is 12.0. The molecule has 1 saturated carbocycles. The fraction of sp³-hybridized carbons (Fsp3) is 0.308. The molecule has 5 heterocycles. The largest absolute Gasteiger partial charge is 0.327 e. The van der Waals surface area contributed by atoms with Gasteiger partial charge >= 0.3 is 0 Å². The number of nitrogens with one attached hydrogen (secondary N) is 1. The fourth-order valence-corrected chi connectivity index (χ4v) is 5.27. The first-order valence-corrected chi connectivity index (χ1v) is 12.0. The van der Waals surface area contributed by atoms with Crippen molar-refractivity contribution >= 4 is 40.0 Å². The summed E-state index contributed by atoms with van der Waals surface area (Å²) in [7, 11) is 0. The van der Waals surface area contributed by atoms with E-state index in [9.17, 15) is 14.4 Å². The van der Waals surface area contributed by atoms with Gasteiger partial charge in [0.25, 0.3) is 0 Å². The number of hydrogen-bond acceptors (Lipinski definition) is 9. The Hall–Kier alpha value is -4.54. The first kappa shape index (κ1) is 22.9. The molecular weight excluding hydrogens is 472 g/mol. The van der Waals surface area contributed by atoms with E-state index in [4.69, 9.17) is 0 Å². The third kappa shape index (κ3) is 4.02. The van der Waals surface area contributed by atoms with E-state index in [-0.39, 0.29) is 41.2 Å². The van der Waals surface area contributed by atoms with E-state index in [1.165, 1.54) is 11.6 Å². The van der Waals surface area contributed by atoms with Crippen LogP contribution in [0.2, 0.25) is 0 Å². The number of rotatable bonds is 7. The molecule has 3 unspecified atom stereocenters. The van der Waals surface area contributed by atoms with Crippen molar-refractivity contribution in [2.24, 2.45) is 5.41 Å². The van der Waals surface area contributed by atoms with E-state index in [0.29, 0.717) is 34.7 Å². The number of amides is 1. The molecule has 0 bridgehead atoms. The Morgan fingerprint density at radius 2 is 1.95 bits per heavy atom. The quantitative estimate of drug-likeness (QED) is 0.383. The molecular formula is C26H24N8O3. The molecule has 0 aromatic carbocycles. The Bertz CT molecular complexity index is 1540. The lowest BCUT2D eigenvalue weighted by Gasteiger charge is -2.26. The molecule has 1 amide bonds. The summed E-state index contributed by atoms with van der Waals surface area (Å²) >= 11 is 0. The van der Waals surface area contributed by atoms with Crippen LogP contribution in [0.25, 0.3) is 10.9 Å². The highest BCUT2D eigenvalue weighted by Crippen LogP contribution is 2.59. The molecule has 1 aliphatic carbocycles. The van der Waals surface area contributed by atoms with Crippen molar-refractivity contribution in [2.45, 2.75) is 45.3 Å². The summed E-state index contributed by atoms with van der Waals surface area (Å²) in [5.74, 6) is 0.370. The van der Waals surface area contributed by atoms with Crippen molar-refractivity contribution in [1.29, 1.82) is 0 Å². The van der Waals surface area contributed by atoms with E-state index >= 15 is 0 Å². The van der Waals surface area contributed by atoms with Crippen LogP contribution in [0.3, 0.4) is 0 Å². The smallest absolute Gasteiger partial charge is 0.245 e. The molecule has 11 heteroatoms. The number of aromatic nitrogens is 6. The highest BCUT2D eigenvalue weighted by atomic mass is 16.2. The van der Waals surface area contributed by atoms with Gasteiger partial charge < -0.3 is 10.2 Å². The zero-order valence-electron chi connectivity index (χ0n) is 20.3. The molecule has 37 heavy (non-hydrogen) atoms. The van der Waals surface area contributed by atoms with Crippen LogP contribution >= 0.6 is 0 Å². The fourth-order valence-electron chi connectivity index (χ4n) is 5.27. The topological polar surface area (TPSA) is 136 Å². The predicted octanol–water partition coefficient (Wildman–Crippen LogP) is 2.82. The molecule has 6 rings (SSSR count). The Labute approximate surface area is 211 Å². The maximum atomic E-state index is 13.6. The predicted molar refractivity (Wildman–Crippen MR) is 133 cm³/mol. The average molecular weight is 497 g/mol. The summed E-state index contributed by atoms with van der Waals surface area (Å²) in [6.45, 7) is 3.43. The van der Waals surface area contributed by atoms with Gasteiger partial charge in [-0.15, -0.1) is 5.10 Å². The molecule has 1 N–H and O–H groups in total. The molecule has 186 valence electrons. The molecule has 0 radical (unpaired) electrons. The van der Waals surface area contributed by atoms with Crippen molar-refractivity contribution < 1.29 is 14.4 Å². The number of piperidine rings is 1. The second-order valence-electron chi connectivity index (χ2n) is 9.86. The van der Waals surface area contributed by atoms with Gasteiger partial charge in [-0.1, -0.05) is 13.0 Å². The third-order valence-electron chi connectivity index (χ3n) is 7.23. The maximum Gasteiger partial charge on any atom is 0.245 e. The number of carbonyl (C=O) groups excluding carboxylic acids is 3. The lowest BCUT2D eigenvalue weighted by molar-refractivity contribution is -0.133. The number of fused-ring (bicyclic) bond motifs is 2. The van der Waals surface area contributed by atoms with Crippen molar-refractivity contribution in [1.82, 2.24) is 34.8 Å². The van der Waals surface area contributed by atoms with Gasteiger partial charge in [-0.05, 0) is 48.6 Å². The van der Waals surface area contributed by atoms with E-state index in [1.807, 2.05) is 0 Å². The molecule has 3 atom stereocenters. The van der Waals surface area contributed by atoms with Crippen LogP contribution in [0.4, 0.5) is 11.6 Å². The highest BCUT2D eigenvalue weighted by molar-refractivity contribution is 6.06. The van der Waals surface area contributed by atoms with Gasteiger partial charge in [0.05, 0.1) is 17.8 Å². The molecule has 0 spiro atoms. The lowest BCUT2D eigenvalue weighted by Crippen LogP contribution is -2.45. The van der Waals surface area contributed by atoms with Crippen molar-refractivity contribution in [3.8, 4) is 0 Å². The van der Waals surface area contributed by atoms with Crippen LogP contribution < -0.4 is 5.32 Å². The molecule has 11 nitrogen and oxygen atoms in total. The summed E-state index contributed by atoms with van der Waals surface area (Å²) in [6, 6.07) is 9.83. The molecule has 1 saturated heterocycles.